The first-order chi connectivity index (χ1) is 13.3. The fourth-order valence-electron chi connectivity index (χ4n) is 3.97. The first kappa shape index (κ1) is 17.6. The van der Waals surface area contributed by atoms with Crippen molar-refractivity contribution in [3.05, 3.63) is 64.9 Å². The molecule has 2 unspecified atom stereocenters. The van der Waals surface area contributed by atoms with E-state index in [9.17, 15) is 21.6 Å². The maximum Gasteiger partial charge on any atom is 0.433 e. The van der Waals surface area contributed by atoms with Crippen LogP contribution >= 0.6 is 0 Å². The van der Waals surface area contributed by atoms with Gasteiger partial charge in [0.15, 0.2) is 0 Å². The van der Waals surface area contributed by atoms with Crippen LogP contribution in [0.2, 0.25) is 0 Å². The highest BCUT2D eigenvalue weighted by Gasteiger charge is 2.46. The molecule has 3 aliphatic heterocycles. The van der Waals surface area contributed by atoms with Crippen LogP contribution in [0.4, 0.5) is 13.2 Å². The molecule has 2 bridgehead atoms. The number of sulfonamides is 1. The Bertz CT molecular complexity index is 1100. The van der Waals surface area contributed by atoms with Gasteiger partial charge in [0.25, 0.3) is 10.0 Å². The van der Waals surface area contributed by atoms with Crippen LogP contribution in [0, 0.1) is 0 Å². The van der Waals surface area contributed by atoms with Crippen LogP contribution in [0.1, 0.15) is 35.5 Å². The Hall–Kier alpha value is -2.50. The molecule has 146 valence electrons. The van der Waals surface area contributed by atoms with Gasteiger partial charge < -0.3 is 0 Å². The van der Waals surface area contributed by atoms with Gasteiger partial charge in [0.1, 0.15) is 10.6 Å². The van der Waals surface area contributed by atoms with Crippen molar-refractivity contribution >= 4 is 10.0 Å². The van der Waals surface area contributed by atoms with E-state index in [2.05, 4.69) is 20.7 Å². The molecule has 0 saturated heterocycles. The molecular formula is C17H14F3N5O2S. The first-order valence-corrected chi connectivity index (χ1v) is 9.95. The van der Waals surface area contributed by atoms with Crippen molar-refractivity contribution in [3.8, 4) is 0 Å². The van der Waals surface area contributed by atoms with Crippen LogP contribution in [0.3, 0.4) is 0 Å². The predicted molar refractivity (Wildman–Crippen MR) is 90.8 cm³/mol. The van der Waals surface area contributed by atoms with Gasteiger partial charge in [-0.3, -0.25) is 15.3 Å². The summed E-state index contributed by atoms with van der Waals surface area (Å²) < 4.78 is 65.2. The van der Waals surface area contributed by atoms with Gasteiger partial charge in [0, 0.05) is 31.4 Å². The lowest BCUT2D eigenvalue weighted by Crippen LogP contribution is -2.38. The topological polar surface area (TPSA) is 87.2 Å². The summed E-state index contributed by atoms with van der Waals surface area (Å²) in [5, 5.41) is 3.44. The Morgan fingerprint density at radius 2 is 2.00 bits per heavy atom. The molecule has 2 atom stereocenters. The first-order valence-electron chi connectivity index (χ1n) is 8.51. The number of nitrogens with one attached hydrogen (secondary N) is 2. The molecule has 0 aromatic carbocycles. The van der Waals surface area contributed by atoms with Gasteiger partial charge in [-0.25, -0.2) is 9.84 Å². The quantitative estimate of drug-likeness (QED) is 0.790. The third-order valence-electron chi connectivity index (χ3n) is 5.23. The summed E-state index contributed by atoms with van der Waals surface area (Å²) in [6, 6.07) is 5.17. The maximum absolute atomic E-state index is 13.0. The minimum Gasteiger partial charge on any atom is -0.298 e. The average Bonchev–Trinajstić information content (AvgIpc) is 3.23. The Kier molecular flexibility index (Phi) is 3.61. The summed E-state index contributed by atoms with van der Waals surface area (Å²) >= 11 is 0. The summed E-state index contributed by atoms with van der Waals surface area (Å²) in [4.78, 5) is 7.40. The number of hydrogen-bond donors (Lipinski definition) is 2. The molecule has 11 heteroatoms. The summed E-state index contributed by atoms with van der Waals surface area (Å²) in [6.07, 6.45) is -1.75. The van der Waals surface area contributed by atoms with E-state index in [-0.39, 0.29) is 17.0 Å². The molecule has 3 aliphatic rings. The zero-order valence-corrected chi connectivity index (χ0v) is 15.0. The van der Waals surface area contributed by atoms with E-state index in [0.29, 0.717) is 24.7 Å². The smallest absolute Gasteiger partial charge is 0.298 e. The second-order valence-electron chi connectivity index (χ2n) is 6.79. The van der Waals surface area contributed by atoms with Crippen molar-refractivity contribution in [3.63, 3.8) is 0 Å². The molecule has 5 heterocycles. The van der Waals surface area contributed by atoms with Gasteiger partial charge >= 0.3 is 6.18 Å². The normalized spacial score (nSPS) is 23.8. The zero-order chi connectivity index (χ0) is 19.7. The maximum atomic E-state index is 13.0. The Morgan fingerprint density at radius 3 is 2.71 bits per heavy atom. The standard InChI is InChI=1S/C17H14F3N5O2S/c18-17(19,20)14-4-3-9(7-22-14)28(26,27)25-13-6-12-10-2-1-5-21-15(10)16(24-12)11(13)8-23-25/h1-5,7,12,16,23-24H,6,8H2. The molecule has 0 aliphatic carbocycles. The largest absolute Gasteiger partial charge is 0.433 e. The molecule has 0 saturated carbocycles. The van der Waals surface area contributed by atoms with Crippen LogP contribution < -0.4 is 10.7 Å². The molecule has 7 nitrogen and oxygen atoms in total. The van der Waals surface area contributed by atoms with Crippen molar-refractivity contribution in [1.82, 2.24) is 25.1 Å². The van der Waals surface area contributed by atoms with Gasteiger partial charge in [0.2, 0.25) is 0 Å². The minimum atomic E-state index is -4.63. The summed E-state index contributed by atoms with van der Waals surface area (Å²) in [5.74, 6) is 0. The minimum absolute atomic E-state index is 0.0595. The van der Waals surface area contributed by atoms with E-state index >= 15 is 0 Å². The number of nitrogens with zero attached hydrogens (tertiary/aromatic N) is 3. The lowest BCUT2D eigenvalue weighted by molar-refractivity contribution is -0.141. The zero-order valence-electron chi connectivity index (χ0n) is 14.2. The van der Waals surface area contributed by atoms with Crippen LogP contribution in [0.25, 0.3) is 0 Å². The molecule has 0 fully saturated rings. The summed E-state index contributed by atoms with van der Waals surface area (Å²) in [7, 11) is -4.09. The number of pyridine rings is 2. The molecular weight excluding hydrogens is 395 g/mol. The van der Waals surface area contributed by atoms with Gasteiger partial charge in [-0.1, -0.05) is 6.07 Å². The number of aromatic nitrogens is 2. The van der Waals surface area contributed by atoms with Crippen LogP contribution in [-0.4, -0.2) is 29.3 Å². The number of hydrazine groups is 1. The van der Waals surface area contributed by atoms with E-state index in [0.717, 1.165) is 33.5 Å². The van der Waals surface area contributed by atoms with E-state index in [4.69, 9.17) is 0 Å². The van der Waals surface area contributed by atoms with E-state index in [1.165, 1.54) is 0 Å². The third kappa shape index (κ3) is 2.46. The fourth-order valence-corrected chi connectivity index (χ4v) is 5.32. The van der Waals surface area contributed by atoms with Crippen LogP contribution in [0.15, 0.2) is 52.8 Å². The van der Waals surface area contributed by atoms with Gasteiger partial charge in [-0.2, -0.15) is 21.6 Å². The van der Waals surface area contributed by atoms with Gasteiger partial charge in [-0.15, -0.1) is 0 Å². The second kappa shape index (κ2) is 5.75. The van der Waals surface area contributed by atoms with Crippen molar-refractivity contribution in [2.24, 2.45) is 0 Å². The van der Waals surface area contributed by atoms with Crippen molar-refractivity contribution in [1.29, 1.82) is 0 Å². The van der Waals surface area contributed by atoms with E-state index in [1.807, 2.05) is 12.1 Å². The summed E-state index contributed by atoms with van der Waals surface area (Å²) in [5.41, 5.74) is 5.11. The molecule has 2 N–H and O–H groups in total. The summed E-state index contributed by atoms with van der Waals surface area (Å²) in [6.45, 7) is 0.309. The van der Waals surface area contributed by atoms with Gasteiger partial charge in [0.05, 0.1) is 17.4 Å². The highest BCUT2D eigenvalue weighted by molar-refractivity contribution is 7.89. The molecule has 0 spiro atoms. The fraction of sp³-hybridized carbons (Fsp3) is 0.294. The van der Waals surface area contributed by atoms with E-state index in [1.54, 1.807) is 6.20 Å². The molecule has 2 aromatic heterocycles. The molecule has 0 amide bonds. The van der Waals surface area contributed by atoms with Crippen LogP contribution in [0.5, 0.6) is 0 Å². The number of alkyl halides is 3. The van der Waals surface area contributed by atoms with Crippen molar-refractivity contribution in [2.45, 2.75) is 29.6 Å². The molecule has 28 heavy (non-hydrogen) atoms. The highest BCUT2D eigenvalue weighted by atomic mass is 32.2. The number of rotatable bonds is 2. The predicted octanol–water partition coefficient (Wildman–Crippen LogP) is 2.05. The number of hydrogen-bond acceptors (Lipinski definition) is 6. The SMILES string of the molecule is O=S(=O)(c1ccc(C(F)(F)F)nc1)N1NCC2=C1CC1NC2c2ncccc21. The molecule has 5 rings (SSSR count). The van der Waals surface area contributed by atoms with Crippen LogP contribution in [-0.2, 0) is 16.2 Å². The molecule has 0 radical (unpaired) electrons. The highest BCUT2D eigenvalue weighted by Crippen LogP contribution is 2.47. The Morgan fingerprint density at radius 1 is 1.18 bits per heavy atom. The Balaban J connectivity index is 1.50. The number of fused-ring (bicyclic) bond motifs is 6. The monoisotopic (exact) mass is 409 g/mol. The lowest BCUT2D eigenvalue weighted by Gasteiger charge is -2.27. The van der Waals surface area contributed by atoms with Crippen molar-refractivity contribution < 1.29 is 21.6 Å². The third-order valence-corrected chi connectivity index (χ3v) is 6.90. The number of halogens is 3. The van der Waals surface area contributed by atoms with Gasteiger partial charge in [-0.05, 0) is 29.3 Å². The lowest BCUT2D eigenvalue weighted by atomic mass is 10.0. The van der Waals surface area contributed by atoms with E-state index < -0.39 is 21.9 Å². The molecule has 2 aromatic rings. The Labute approximate surface area is 158 Å². The van der Waals surface area contributed by atoms with Crippen molar-refractivity contribution in [2.75, 3.05) is 6.54 Å². The average molecular weight is 409 g/mol. The second-order valence-corrected chi connectivity index (χ2v) is 8.57.